The molecule has 5 heteroatoms. The Morgan fingerprint density at radius 2 is 2.00 bits per heavy atom. The van der Waals surface area contributed by atoms with Crippen molar-refractivity contribution in [1.82, 2.24) is 20.4 Å². The summed E-state index contributed by atoms with van der Waals surface area (Å²) in [7, 11) is 2.00. The van der Waals surface area contributed by atoms with E-state index >= 15 is 0 Å². The van der Waals surface area contributed by atoms with Crippen LogP contribution in [-0.4, -0.2) is 35.4 Å². The lowest BCUT2D eigenvalue weighted by molar-refractivity contribution is 0.728. The van der Waals surface area contributed by atoms with Gasteiger partial charge in [0.1, 0.15) is 0 Å². The SMILES string of the molecule is CCNC(=NCC(C)c1cccc(C)c1)NCCc1c(C)nn(C)c1C. The number of aliphatic imine (C=N–C) groups is 1. The first-order chi connectivity index (χ1) is 12.4. The molecule has 2 aromatic rings. The maximum absolute atomic E-state index is 4.77. The number of rotatable bonds is 7. The predicted molar refractivity (Wildman–Crippen MR) is 110 cm³/mol. The molecular formula is C21H33N5. The Labute approximate surface area is 157 Å². The van der Waals surface area contributed by atoms with Crippen molar-refractivity contribution in [2.24, 2.45) is 12.0 Å². The molecule has 0 saturated heterocycles. The van der Waals surface area contributed by atoms with Crippen LogP contribution < -0.4 is 10.6 Å². The minimum absolute atomic E-state index is 0.396. The van der Waals surface area contributed by atoms with Crippen LogP contribution in [0.2, 0.25) is 0 Å². The molecule has 0 bridgehead atoms. The molecule has 1 aromatic heterocycles. The number of nitrogens with zero attached hydrogens (tertiary/aromatic N) is 3. The number of nitrogens with one attached hydrogen (secondary N) is 2. The third-order valence-corrected chi connectivity index (χ3v) is 4.80. The second kappa shape index (κ2) is 9.41. The lowest BCUT2D eigenvalue weighted by atomic mass is 10.00. The lowest BCUT2D eigenvalue weighted by Gasteiger charge is -2.14. The zero-order valence-corrected chi connectivity index (χ0v) is 17.1. The van der Waals surface area contributed by atoms with Gasteiger partial charge in [-0.15, -0.1) is 0 Å². The fraction of sp³-hybridized carbons (Fsp3) is 0.524. The van der Waals surface area contributed by atoms with Crippen molar-refractivity contribution in [3.05, 3.63) is 52.3 Å². The molecule has 0 spiro atoms. The summed E-state index contributed by atoms with van der Waals surface area (Å²) >= 11 is 0. The number of aromatic nitrogens is 2. The molecule has 5 nitrogen and oxygen atoms in total. The topological polar surface area (TPSA) is 54.2 Å². The van der Waals surface area contributed by atoms with Gasteiger partial charge in [0.15, 0.2) is 5.96 Å². The molecule has 1 unspecified atom stereocenters. The van der Waals surface area contributed by atoms with Crippen molar-refractivity contribution >= 4 is 5.96 Å². The fourth-order valence-corrected chi connectivity index (χ4v) is 3.14. The van der Waals surface area contributed by atoms with E-state index in [0.717, 1.165) is 37.7 Å². The van der Waals surface area contributed by atoms with Crippen LogP contribution in [0.5, 0.6) is 0 Å². The zero-order chi connectivity index (χ0) is 19.1. The maximum Gasteiger partial charge on any atom is 0.191 e. The Morgan fingerprint density at radius 1 is 1.23 bits per heavy atom. The summed E-state index contributed by atoms with van der Waals surface area (Å²) in [5, 5.41) is 11.3. The summed E-state index contributed by atoms with van der Waals surface area (Å²) in [6.45, 7) is 13.1. The molecule has 1 aromatic carbocycles. The standard InChI is InChI=1S/C21H33N5/c1-7-22-21(23-12-11-20-17(4)25-26(6)18(20)5)24-14-16(3)19-10-8-9-15(2)13-19/h8-10,13,16H,7,11-12,14H2,1-6H3,(H2,22,23,24). The molecule has 0 radical (unpaired) electrons. The van der Waals surface area contributed by atoms with Crippen molar-refractivity contribution in [2.45, 2.75) is 47.0 Å². The average molecular weight is 356 g/mol. The van der Waals surface area contributed by atoms with E-state index in [2.05, 4.69) is 74.6 Å². The first-order valence-corrected chi connectivity index (χ1v) is 9.50. The molecule has 0 aliphatic heterocycles. The molecule has 1 atom stereocenters. The van der Waals surface area contributed by atoms with E-state index in [1.165, 1.54) is 22.4 Å². The summed E-state index contributed by atoms with van der Waals surface area (Å²) in [5.41, 5.74) is 6.31. The van der Waals surface area contributed by atoms with Crippen molar-refractivity contribution in [2.75, 3.05) is 19.6 Å². The van der Waals surface area contributed by atoms with E-state index in [4.69, 9.17) is 4.99 Å². The molecule has 142 valence electrons. The smallest absolute Gasteiger partial charge is 0.191 e. The molecule has 26 heavy (non-hydrogen) atoms. The predicted octanol–water partition coefficient (Wildman–Crippen LogP) is 3.25. The molecule has 2 rings (SSSR count). The van der Waals surface area contributed by atoms with Gasteiger partial charge in [-0.05, 0) is 45.2 Å². The number of hydrogen-bond donors (Lipinski definition) is 2. The van der Waals surface area contributed by atoms with Crippen LogP contribution in [0.25, 0.3) is 0 Å². The third kappa shape index (κ3) is 5.35. The number of guanidine groups is 1. The molecule has 0 aliphatic carbocycles. The van der Waals surface area contributed by atoms with Crippen molar-refractivity contribution in [3.8, 4) is 0 Å². The van der Waals surface area contributed by atoms with Crippen LogP contribution >= 0.6 is 0 Å². The van der Waals surface area contributed by atoms with Crippen LogP contribution in [0.1, 0.15) is 47.8 Å². The van der Waals surface area contributed by atoms with E-state index in [1.54, 1.807) is 0 Å². The maximum atomic E-state index is 4.77. The zero-order valence-electron chi connectivity index (χ0n) is 17.1. The largest absolute Gasteiger partial charge is 0.357 e. The quantitative estimate of drug-likeness (QED) is 0.592. The summed E-state index contributed by atoms with van der Waals surface area (Å²) in [5.74, 6) is 1.28. The molecule has 0 aliphatic rings. The second-order valence-corrected chi connectivity index (χ2v) is 6.98. The van der Waals surface area contributed by atoms with Crippen LogP contribution in [0.4, 0.5) is 0 Å². The highest BCUT2D eigenvalue weighted by molar-refractivity contribution is 5.79. The van der Waals surface area contributed by atoms with Gasteiger partial charge < -0.3 is 10.6 Å². The Balaban J connectivity index is 1.93. The van der Waals surface area contributed by atoms with Gasteiger partial charge in [0.25, 0.3) is 0 Å². The molecule has 0 amide bonds. The van der Waals surface area contributed by atoms with Gasteiger partial charge in [0.05, 0.1) is 5.69 Å². The number of hydrogen-bond acceptors (Lipinski definition) is 2. The van der Waals surface area contributed by atoms with Crippen LogP contribution in [-0.2, 0) is 13.5 Å². The Hall–Kier alpha value is -2.30. The number of aryl methyl sites for hydroxylation is 3. The Bertz CT molecular complexity index is 745. The van der Waals surface area contributed by atoms with Gasteiger partial charge in [-0.1, -0.05) is 36.8 Å². The number of benzene rings is 1. The van der Waals surface area contributed by atoms with E-state index in [-0.39, 0.29) is 0 Å². The molecule has 0 saturated carbocycles. The van der Waals surface area contributed by atoms with E-state index in [9.17, 15) is 0 Å². The first kappa shape index (κ1) is 20.0. The van der Waals surface area contributed by atoms with Gasteiger partial charge in [0, 0.05) is 38.3 Å². The monoisotopic (exact) mass is 355 g/mol. The Kier molecular flexibility index (Phi) is 7.25. The fourth-order valence-electron chi connectivity index (χ4n) is 3.14. The first-order valence-electron chi connectivity index (χ1n) is 9.50. The molecule has 0 fully saturated rings. The lowest BCUT2D eigenvalue weighted by Crippen LogP contribution is -2.38. The third-order valence-electron chi connectivity index (χ3n) is 4.80. The summed E-state index contributed by atoms with van der Waals surface area (Å²) in [4.78, 5) is 4.77. The minimum Gasteiger partial charge on any atom is -0.357 e. The Morgan fingerprint density at radius 3 is 2.62 bits per heavy atom. The highest BCUT2D eigenvalue weighted by Crippen LogP contribution is 2.16. The van der Waals surface area contributed by atoms with Gasteiger partial charge in [-0.25, -0.2) is 0 Å². The van der Waals surface area contributed by atoms with Crippen molar-refractivity contribution in [3.63, 3.8) is 0 Å². The van der Waals surface area contributed by atoms with E-state index in [1.807, 2.05) is 11.7 Å². The van der Waals surface area contributed by atoms with Gasteiger partial charge in [-0.2, -0.15) is 5.10 Å². The summed E-state index contributed by atoms with van der Waals surface area (Å²) in [6.07, 6.45) is 0.948. The van der Waals surface area contributed by atoms with Gasteiger partial charge >= 0.3 is 0 Å². The highest BCUT2D eigenvalue weighted by Gasteiger charge is 2.10. The summed E-state index contributed by atoms with van der Waals surface area (Å²) < 4.78 is 1.95. The van der Waals surface area contributed by atoms with Crippen molar-refractivity contribution < 1.29 is 0 Å². The summed E-state index contributed by atoms with van der Waals surface area (Å²) in [6, 6.07) is 8.68. The van der Waals surface area contributed by atoms with Crippen molar-refractivity contribution in [1.29, 1.82) is 0 Å². The molecular weight excluding hydrogens is 322 g/mol. The minimum atomic E-state index is 0.396. The van der Waals surface area contributed by atoms with E-state index < -0.39 is 0 Å². The van der Waals surface area contributed by atoms with Crippen LogP contribution in [0.15, 0.2) is 29.3 Å². The molecule has 2 N–H and O–H groups in total. The average Bonchev–Trinajstić information content (AvgIpc) is 2.85. The molecule has 1 heterocycles. The van der Waals surface area contributed by atoms with Gasteiger partial charge in [0.2, 0.25) is 0 Å². The van der Waals surface area contributed by atoms with E-state index in [0.29, 0.717) is 5.92 Å². The second-order valence-electron chi connectivity index (χ2n) is 6.98. The van der Waals surface area contributed by atoms with Crippen LogP contribution in [0.3, 0.4) is 0 Å². The van der Waals surface area contributed by atoms with Crippen LogP contribution in [0, 0.1) is 20.8 Å². The van der Waals surface area contributed by atoms with Gasteiger partial charge in [-0.3, -0.25) is 9.67 Å². The normalized spacial score (nSPS) is 12.9. The highest BCUT2D eigenvalue weighted by atomic mass is 15.3.